The lowest BCUT2D eigenvalue weighted by molar-refractivity contribution is -0.384. The molecule has 1 unspecified atom stereocenters. The van der Waals surface area contributed by atoms with E-state index in [1.165, 1.54) is 16.8 Å². The summed E-state index contributed by atoms with van der Waals surface area (Å²) in [6.45, 7) is 1.15. The van der Waals surface area contributed by atoms with Crippen LogP contribution in [0.15, 0.2) is 36.5 Å². The van der Waals surface area contributed by atoms with E-state index in [2.05, 4.69) is 5.10 Å². The summed E-state index contributed by atoms with van der Waals surface area (Å²) in [5.41, 5.74) is 6.72. The summed E-state index contributed by atoms with van der Waals surface area (Å²) in [6.07, 6.45) is 3.55. The fourth-order valence-electron chi connectivity index (χ4n) is 2.80. The standard InChI is InChI=1S/C15H17N5O3.ClH/c16-10-13-2-1-8-18(13)15(21)14-7-9-19(17-14)11-3-5-12(6-4-11)20(22)23;/h3-7,9,13H,1-2,8,10,16H2;1H. The lowest BCUT2D eigenvalue weighted by atomic mass is 10.2. The molecule has 0 aliphatic carbocycles. The molecule has 1 amide bonds. The van der Waals surface area contributed by atoms with Gasteiger partial charge in [0.25, 0.3) is 11.6 Å². The van der Waals surface area contributed by atoms with Gasteiger partial charge in [0, 0.05) is 37.5 Å². The molecule has 1 saturated heterocycles. The Bertz CT molecular complexity index is 731. The van der Waals surface area contributed by atoms with E-state index < -0.39 is 4.92 Å². The SMILES string of the molecule is Cl.NCC1CCCN1C(=O)c1ccn(-c2ccc([N+](=O)[O-])cc2)n1. The third-order valence-electron chi connectivity index (χ3n) is 4.04. The van der Waals surface area contributed by atoms with Crippen LogP contribution in [-0.2, 0) is 0 Å². The Hall–Kier alpha value is -2.45. The average Bonchev–Trinajstić information content (AvgIpc) is 3.23. The van der Waals surface area contributed by atoms with Crippen LogP contribution < -0.4 is 5.73 Å². The average molecular weight is 352 g/mol. The van der Waals surface area contributed by atoms with Gasteiger partial charge in [-0.1, -0.05) is 0 Å². The summed E-state index contributed by atoms with van der Waals surface area (Å²) in [5.74, 6) is -0.126. The number of hydrogen-bond acceptors (Lipinski definition) is 5. The lowest BCUT2D eigenvalue weighted by Crippen LogP contribution is -2.40. The Balaban J connectivity index is 0.00000208. The van der Waals surface area contributed by atoms with Crippen LogP contribution in [0.4, 0.5) is 5.69 Å². The Morgan fingerprint density at radius 2 is 2.04 bits per heavy atom. The monoisotopic (exact) mass is 351 g/mol. The fraction of sp³-hybridized carbons (Fsp3) is 0.333. The molecule has 1 aliphatic rings. The lowest BCUT2D eigenvalue weighted by Gasteiger charge is -2.22. The molecule has 9 heteroatoms. The number of nitro benzene ring substituents is 1. The first kappa shape index (κ1) is 17.9. The van der Waals surface area contributed by atoms with Crippen molar-refractivity contribution in [2.45, 2.75) is 18.9 Å². The van der Waals surface area contributed by atoms with Gasteiger partial charge in [0.1, 0.15) is 0 Å². The highest BCUT2D eigenvalue weighted by molar-refractivity contribution is 5.92. The number of nitrogens with zero attached hydrogens (tertiary/aromatic N) is 4. The predicted octanol–water partition coefficient (Wildman–Crippen LogP) is 1.77. The molecule has 1 aromatic heterocycles. The van der Waals surface area contributed by atoms with Crippen LogP contribution in [0.2, 0.25) is 0 Å². The minimum atomic E-state index is -0.456. The van der Waals surface area contributed by atoms with Gasteiger partial charge in [0.15, 0.2) is 5.69 Å². The zero-order chi connectivity index (χ0) is 16.4. The van der Waals surface area contributed by atoms with Crippen LogP contribution in [0, 0.1) is 10.1 Å². The van der Waals surface area contributed by atoms with Crippen LogP contribution in [0.25, 0.3) is 5.69 Å². The van der Waals surface area contributed by atoms with E-state index in [9.17, 15) is 14.9 Å². The van der Waals surface area contributed by atoms with Gasteiger partial charge in [-0.2, -0.15) is 5.10 Å². The maximum atomic E-state index is 12.5. The molecule has 2 N–H and O–H groups in total. The van der Waals surface area contributed by atoms with Gasteiger partial charge in [-0.3, -0.25) is 14.9 Å². The van der Waals surface area contributed by atoms with Crippen molar-refractivity contribution in [1.82, 2.24) is 14.7 Å². The van der Waals surface area contributed by atoms with E-state index >= 15 is 0 Å². The van der Waals surface area contributed by atoms with E-state index in [4.69, 9.17) is 5.73 Å². The summed E-state index contributed by atoms with van der Waals surface area (Å²) >= 11 is 0. The minimum Gasteiger partial charge on any atom is -0.333 e. The number of carbonyl (C=O) groups excluding carboxylic acids is 1. The van der Waals surface area contributed by atoms with Crippen LogP contribution in [0.3, 0.4) is 0 Å². The predicted molar refractivity (Wildman–Crippen MR) is 90.6 cm³/mol. The number of hydrogen-bond donors (Lipinski definition) is 1. The molecule has 0 bridgehead atoms. The Kier molecular flexibility index (Phi) is 5.53. The molecule has 0 spiro atoms. The summed E-state index contributed by atoms with van der Waals surface area (Å²) < 4.78 is 1.53. The first-order chi connectivity index (χ1) is 11.1. The maximum absolute atomic E-state index is 12.5. The van der Waals surface area contributed by atoms with Gasteiger partial charge >= 0.3 is 0 Å². The van der Waals surface area contributed by atoms with Crippen molar-refractivity contribution in [2.75, 3.05) is 13.1 Å². The summed E-state index contributed by atoms with van der Waals surface area (Å²) in [5, 5.41) is 15.0. The first-order valence-corrected chi connectivity index (χ1v) is 7.41. The number of amides is 1. The quantitative estimate of drug-likeness (QED) is 0.667. The van der Waals surface area contributed by atoms with Gasteiger partial charge in [-0.15, -0.1) is 12.4 Å². The molecule has 2 heterocycles. The summed E-state index contributed by atoms with van der Waals surface area (Å²) in [4.78, 5) is 24.5. The summed E-state index contributed by atoms with van der Waals surface area (Å²) in [7, 11) is 0. The van der Waals surface area contributed by atoms with Crippen LogP contribution in [-0.4, -0.2) is 44.6 Å². The van der Waals surface area contributed by atoms with Crippen molar-refractivity contribution < 1.29 is 9.72 Å². The molecule has 24 heavy (non-hydrogen) atoms. The maximum Gasteiger partial charge on any atom is 0.274 e. The van der Waals surface area contributed by atoms with Crippen molar-refractivity contribution in [3.8, 4) is 5.69 Å². The number of benzene rings is 1. The zero-order valence-corrected chi connectivity index (χ0v) is 13.7. The van der Waals surface area contributed by atoms with Crippen LogP contribution in [0.5, 0.6) is 0 Å². The van der Waals surface area contributed by atoms with E-state index in [1.54, 1.807) is 29.3 Å². The topological polar surface area (TPSA) is 107 Å². The first-order valence-electron chi connectivity index (χ1n) is 7.41. The Morgan fingerprint density at radius 3 is 2.67 bits per heavy atom. The highest BCUT2D eigenvalue weighted by Gasteiger charge is 2.29. The molecule has 1 aromatic carbocycles. The molecule has 8 nitrogen and oxygen atoms in total. The second-order valence-electron chi connectivity index (χ2n) is 5.45. The van der Waals surface area contributed by atoms with Gasteiger partial charge in [-0.05, 0) is 31.0 Å². The molecule has 3 rings (SSSR count). The Morgan fingerprint density at radius 1 is 1.33 bits per heavy atom. The number of non-ortho nitro benzene ring substituents is 1. The number of nitrogens with two attached hydrogens (primary N) is 1. The number of likely N-dealkylation sites (tertiary alicyclic amines) is 1. The molecule has 128 valence electrons. The third kappa shape index (κ3) is 3.39. The van der Waals surface area contributed by atoms with Crippen molar-refractivity contribution in [3.05, 3.63) is 52.3 Å². The van der Waals surface area contributed by atoms with Crippen LogP contribution in [0.1, 0.15) is 23.3 Å². The number of rotatable bonds is 4. The third-order valence-corrected chi connectivity index (χ3v) is 4.04. The van der Waals surface area contributed by atoms with E-state index in [1.807, 2.05) is 0 Å². The molecule has 1 fully saturated rings. The molecule has 2 aromatic rings. The van der Waals surface area contributed by atoms with Crippen molar-refractivity contribution in [1.29, 1.82) is 0 Å². The number of aromatic nitrogens is 2. The van der Waals surface area contributed by atoms with E-state index in [0.29, 0.717) is 24.5 Å². The van der Waals surface area contributed by atoms with Gasteiger partial charge < -0.3 is 10.6 Å². The molecule has 1 aliphatic heterocycles. The normalized spacial score (nSPS) is 16.7. The molecular formula is C15H18ClN5O3. The minimum absolute atomic E-state index is 0. The molecular weight excluding hydrogens is 334 g/mol. The largest absolute Gasteiger partial charge is 0.333 e. The number of carbonyl (C=O) groups is 1. The Labute approximate surface area is 144 Å². The highest BCUT2D eigenvalue weighted by Crippen LogP contribution is 2.20. The molecule has 0 radical (unpaired) electrons. The number of halogens is 1. The van der Waals surface area contributed by atoms with Gasteiger partial charge in [0.2, 0.25) is 0 Å². The highest BCUT2D eigenvalue weighted by atomic mass is 35.5. The van der Waals surface area contributed by atoms with Crippen molar-refractivity contribution in [2.24, 2.45) is 5.73 Å². The van der Waals surface area contributed by atoms with E-state index in [-0.39, 0.29) is 30.0 Å². The summed E-state index contributed by atoms with van der Waals surface area (Å²) in [6, 6.07) is 7.73. The van der Waals surface area contributed by atoms with Crippen molar-refractivity contribution in [3.63, 3.8) is 0 Å². The van der Waals surface area contributed by atoms with E-state index in [0.717, 1.165) is 12.8 Å². The fourth-order valence-corrected chi connectivity index (χ4v) is 2.80. The van der Waals surface area contributed by atoms with Gasteiger partial charge in [-0.25, -0.2) is 4.68 Å². The van der Waals surface area contributed by atoms with Crippen LogP contribution >= 0.6 is 12.4 Å². The van der Waals surface area contributed by atoms with Gasteiger partial charge in [0.05, 0.1) is 10.6 Å². The molecule has 0 saturated carbocycles. The smallest absolute Gasteiger partial charge is 0.274 e. The molecule has 1 atom stereocenters. The second-order valence-corrected chi connectivity index (χ2v) is 5.45. The zero-order valence-electron chi connectivity index (χ0n) is 12.9. The second kappa shape index (κ2) is 7.41. The van der Waals surface area contributed by atoms with Crippen molar-refractivity contribution >= 4 is 24.0 Å². The number of nitro groups is 1.